The Morgan fingerprint density at radius 1 is 0.408 bits per heavy atom. The van der Waals surface area contributed by atoms with E-state index in [0.29, 0.717) is 19.3 Å². The average Bonchev–Trinajstić information content (AvgIpc) is 3.06. The van der Waals surface area contributed by atoms with Crippen molar-refractivity contribution < 1.29 is 28.6 Å². The van der Waals surface area contributed by atoms with Crippen LogP contribution in [0, 0.1) is 17.8 Å². The summed E-state index contributed by atoms with van der Waals surface area (Å²) in [6.45, 7) is 13.5. The van der Waals surface area contributed by atoms with Crippen molar-refractivity contribution in [2.24, 2.45) is 17.8 Å². The number of rotatable bonds is 36. The Kier molecular flexibility index (Phi) is 33.7. The van der Waals surface area contributed by atoms with Gasteiger partial charge in [-0.3, -0.25) is 14.4 Å². The Morgan fingerprint density at radius 2 is 0.714 bits per heavy atom. The molecule has 6 heteroatoms. The summed E-state index contributed by atoms with van der Waals surface area (Å²) in [5.74, 6) is 1.52. The SMILES string of the molecule is CCC(C)CCCCCCCCC(=O)OC[C@H](COC(=O)CCCCCCCCCCC(C)C)OC(=O)CCCCCCCCCC(C)C. The third kappa shape index (κ3) is 36.0. The Labute approximate surface area is 304 Å². The summed E-state index contributed by atoms with van der Waals surface area (Å²) in [6.07, 6.45) is 29.6. The van der Waals surface area contributed by atoms with Crippen LogP contribution in [-0.2, 0) is 28.6 Å². The lowest BCUT2D eigenvalue weighted by atomic mass is 10.00. The number of unbranched alkanes of at least 4 members (excludes halogenated alkanes) is 18. The molecule has 0 aliphatic heterocycles. The van der Waals surface area contributed by atoms with Crippen molar-refractivity contribution in [3.05, 3.63) is 0 Å². The molecule has 0 rings (SSSR count). The van der Waals surface area contributed by atoms with E-state index < -0.39 is 6.10 Å². The lowest BCUT2D eigenvalue weighted by molar-refractivity contribution is -0.167. The maximum Gasteiger partial charge on any atom is 0.306 e. The van der Waals surface area contributed by atoms with Crippen molar-refractivity contribution in [1.29, 1.82) is 0 Å². The first-order chi connectivity index (χ1) is 23.6. The maximum atomic E-state index is 12.6. The largest absolute Gasteiger partial charge is 0.462 e. The van der Waals surface area contributed by atoms with Gasteiger partial charge < -0.3 is 14.2 Å². The molecule has 6 nitrogen and oxygen atoms in total. The van der Waals surface area contributed by atoms with Crippen LogP contribution in [0.25, 0.3) is 0 Å². The third-order valence-corrected chi connectivity index (χ3v) is 9.76. The van der Waals surface area contributed by atoms with Crippen LogP contribution in [0.15, 0.2) is 0 Å². The van der Waals surface area contributed by atoms with Gasteiger partial charge in [-0.1, -0.05) is 183 Å². The number of hydrogen-bond acceptors (Lipinski definition) is 6. The van der Waals surface area contributed by atoms with Crippen molar-refractivity contribution in [2.75, 3.05) is 13.2 Å². The molecule has 0 amide bonds. The van der Waals surface area contributed by atoms with Crippen LogP contribution in [0.3, 0.4) is 0 Å². The highest BCUT2D eigenvalue weighted by Crippen LogP contribution is 2.16. The van der Waals surface area contributed by atoms with Crippen LogP contribution in [0.2, 0.25) is 0 Å². The summed E-state index contributed by atoms with van der Waals surface area (Å²) >= 11 is 0. The van der Waals surface area contributed by atoms with Gasteiger partial charge >= 0.3 is 17.9 Å². The topological polar surface area (TPSA) is 78.9 Å². The number of hydrogen-bond donors (Lipinski definition) is 0. The minimum Gasteiger partial charge on any atom is -0.462 e. The van der Waals surface area contributed by atoms with Crippen LogP contribution in [0.4, 0.5) is 0 Å². The molecule has 1 unspecified atom stereocenters. The van der Waals surface area contributed by atoms with E-state index in [4.69, 9.17) is 14.2 Å². The molecule has 0 saturated carbocycles. The van der Waals surface area contributed by atoms with E-state index in [1.54, 1.807) is 0 Å². The van der Waals surface area contributed by atoms with Crippen molar-refractivity contribution >= 4 is 17.9 Å². The number of ether oxygens (including phenoxy) is 3. The first-order valence-electron chi connectivity index (χ1n) is 21.1. The fraction of sp³-hybridized carbons (Fsp3) is 0.930. The van der Waals surface area contributed by atoms with E-state index in [2.05, 4.69) is 41.5 Å². The zero-order valence-corrected chi connectivity index (χ0v) is 33.5. The van der Waals surface area contributed by atoms with Crippen LogP contribution in [0.5, 0.6) is 0 Å². The fourth-order valence-corrected chi connectivity index (χ4v) is 6.14. The predicted octanol–water partition coefficient (Wildman–Crippen LogP) is 12.9. The first-order valence-corrected chi connectivity index (χ1v) is 21.1. The molecule has 0 N–H and O–H groups in total. The van der Waals surface area contributed by atoms with Crippen molar-refractivity contribution in [2.45, 2.75) is 227 Å². The average molecular weight is 695 g/mol. The normalized spacial score (nSPS) is 12.7. The summed E-state index contributed by atoms with van der Waals surface area (Å²) in [6, 6.07) is 0. The van der Waals surface area contributed by atoms with Crippen molar-refractivity contribution in [1.82, 2.24) is 0 Å². The van der Waals surface area contributed by atoms with Gasteiger partial charge in [0.1, 0.15) is 13.2 Å². The van der Waals surface area contributed by atoms with Crippen LogP contribution >= 0.6 is 0 Å². The summed E-state index contributed by atoms with van der Waals surface area (Å²) in [5.41, 5.74) is 0. The second-order valence-corrected chi connectivity index (χ2v) is 15.8. The number of esters is 3. The monoisotopic (exact) mass is 695 g/mol. The van der Waals surface area contributed by atoms with Gasteiger partial charge in [0.05, 0.1) is 0 Å². The molecule has 0 aromatic rings. The third-order valence-electron chi connectivity index (χ3n) is 9.76. The zero-order valence-electron chi connectivity index (χ0n) is 33.5. The van der Waals surface area contributed by atoms with Crippen LogP contribution in [-0.4, -0.2) is 37.2 Å². The molecule has 0 saturated heterocycles. The molecule has 49 heavy (non-hydrogen) atoms. The van der Waals surface area contributed by atoms with Gasteiger partial charge in [-0.15, -0.1) is 0 Å². The standard InChI is InChI=1S/C43H82O6/c1-7-39(6)31-25-19-15-16-21-27-33-42(45)48-36-40(49-43(46)34-28-22-14-10-12-18-24-30-38(4)5)35-47-41(44)32-26-20-13-9-8-11-17-23-29-37(2)3/h37-40H,7-36H2,1-6H3/t39?,40-/m0/s1. The molecule has 0 heterocycles. The molecule has 0 spiro atoms. The highest BCUT2D eigenvalue weighted by molar-refractivity contribution is 5.71. The molecule has 0 radical (unpaired) electrons. The highest BCUT2D eigenvalue weighted by Gasteiger charge is 2.19. The number of carbonyl (C=O) groups excluding carboxylic acids is 3. The minimum absolute atomic E-state index is 0.0682. The van der Waals surface area contributed by atoms with Gasteiger partial charge in [-0.2, -0.15) is 0 Å². The lowest BCUT2D eigenvalue weighted by Gasteiger charge is -2.18. The van der Waals surface area contributed by atoms with E-state index in [1.807, 2.05) is 0 Å². The second-order valence-electron chi connectivity index (χ2n) is 15.8. The van der Waals surface area contributed by atoms with Crippen molar-refractivity contribution in [3.8, 4) is 0 Å². The van der Waals surface area contributed by atoms with Gasteiger partial charge in [0.15, 0.2) is 6.10 Å². The molecule has 0 bridgehead atoms. The van der Waals surface area contributed by atoms with E-state index in [1.165, 1.54) is 103 Å². The van der Waals surface area contributed by atoms with Gasteiger partial charge in [0.25, 0.3) is 0 Å². The molecular weight excluding hydrogens is 612 g/mol. The van der Waals surface area contributed by atoms with E-state index in [-0.39, 0.29) is 31.1 Å². The van der Waals surface area contributed by atoms with Gasteiger partial charge in [-0.05, 0) is 37.0 Å². The maximum absolute atomic E-state index is 12.6. The molecule has 0 aromatic carbocycles. The Balaban J connectivity index is 4.37. The summed E-state index contributed by atoms with van der Waals surface area (Å²) in [4.78, 5) is 37.5. The Hall–Kier alpha value is -1.59. The summed E-state index contributed by atoms with van der Waals surface area (Å²) in [5, 5.41) is 0. The van der Waals surface area contributed by atoms with Gasteiger partial charge in [-0.25, -0.2) is 0 Å². The quantitative estimate of drug-likeness (QED) is 0.0369. The minimum atomic E-state index is -0.762. The second kappa shape index (κ2) is 34.8. The Bertz CT molecular complexity index is 763. The summed E-state index contributed by atoms with van der Waals surface area (Å²) < 4.78 is 16.6. The molecular formula is C43H82O6. The van der Waals surface area contributed by atoms with Gasteiger partial charge in [0, 0.05) is 19.3 Å². The smallest absolute Gasteiger partial charge is 0.306 e. The van der Waals surface area contributed by atoms with E-state index >= 15 is 0 Å². The molecule has 0 fully saturated rings. The van der Waals surface area contributed by atoms with Crippen LogP contribution < -0.4 is 0 Å². The fourth-order valence-electron chi connectivity index (χ4n) is 6.14. The summed E-state index contributed by atoms with van der Waals surface area (Å²) in [7, 11) is 0. The number of carbonyl (C=O) groups is 3. The zero-order chi connectivity index (χ0) is 36.4. The predicted molar refractivity (Wildman–Crippen MR) is 206 cm³/mol. The molecule has 0 aromatic heterocycles. The first kappa shape index (κ1) is 47.4. The Morgan fingerprint density at radius 3 is 1.06 bits per heavy atom. The molecule has 0 aliphatic rings. The molecule has 290 valence electrons. The lowest BCUT2D eigenvalue weighted by Crippen LogP contribution is -2.30. The van der Waals surface area contributed by atoms with E-state index in [0.717, 1.165) is 75.5 Å². The van der Waals surface area contributed by atoms with E-state index in [9.17, 15) is 14.4 Å². The molecule has 2 atom stereocenters. The van der Waals surface area contributed by atoms with Gasteiger partial charge in [0.2, 0.25) is 0 Å². The molecule has 0 aliphatic carbocycles. The van der Waals surface area contributed by atoms with Crippen molar-refractivity contribution in [3.63, 3.8) is 0 Å². The van der Waals surface area contributed by atoms with Crippen LogP contribution in [0.1, 0.15) is 221 Å². The highest BCUT2D eigenvalue weighted by atomic mass is 16.6.